The fourth-order valence-electron chi connectivity index (χ4n) is 3.50. The van der Waals surface area contributed by atoms with Crippen LogP contribution < -0.4 is 10.6 Å². The predicted molar refractivity (Wildman–Crippen MR) is 109 cm³/mol. The Balaban J connectivity index is 1.46. The summed E-state index contributed by atoms with van der Waals surface area (Å²) in [4.78, 5) is 29.5. The van der Waals surface area contributed by atoms with E-state index in [1.165, 1.54) is 42.7 Å². The summed E-state index contributed by atoms with van der Waals surface area (Å²) >= 11 is 1.40. The summed E-state index contributed by atoms with van der Waals surface area (Å²) in [5.41, 5.74) is 1.83. The van der Waals surface area contributed by atoms with Crippen LogP contribution >= 0.6 is 11.3 Å². The van der Waals surface area contributed by atoms with Crippen molar-refractivity contribution in [1.29, 1.82) is 0 Å². The van der Waals surface area contributed by atoms with Crippen molar-refractivity contribution in [3.63, 3.8) is 0 Å². The molecule has 1 fully saturated rings. The maximum absolute atomic E-state index is 13.0. The van der Waals surface area contributed by atoms with Crippen LogP contribution in [0.1, 0.15) is 54.7 Å². The molecule has 0 aliphatic heterocycles. The van der Waals surface area contributed by atoms with Crippen molar-refractivity contribution in [2.45, 2.75) is 51.9 Å². The van der Waals surface area contributed by atoms with E-state index in [0.29, 0.717) is 23.9 Å². The van der Waals surface area contributed by atoms with Gasteiger partial charge >= 0.3 is 0 Å². The number of hydrogen-bond acceptors (Lipinski definition) is 4. The monoisotopic (exact) mass is 403 g/mol. The fourth-order valence-corrected chi connectivity index (χ4v) is 4.51. The summed E-state index contributed by atoms with van der Waals surface area (Å²) in [6.45, 7) is 1.84. The topological polar surface area (TPSA) is 71.1 Å². The van der Waals surface area contributed by atoms with E-state index in [1.54, 1.807) is 12.1 Å². The summed E-state index contributed by atoms with van der Waals surface area (Å²) in [5, 5.41) is 5.97. The van der Waals surface area contributed by atoms with Gasteiger partial charge in [-0.15, -0.1) is 11.3 Å². The number of halogens is 1. The maximum atomic E-state index is 13.0. The Bertz CT molecular complexity index is 814. The maximum Gasteiger partial charge on any atom is 0.245 e. The van der Waals surface area contributed by atoms with E-state index in [1.807, 2.05) is 6.92 Å². The minimum absolute atomic E-state index is 0.0442. The lowest BCUT2D eigenvalue weighted by molar-refractivity contribution is -0.125. The smallest absolute Gasteiger partial charge is 0.245 e. The molecule has 2 N–H and O–H groups in total. The van der Waals surface area contributed by atoms with Gasteiger partial charge in [-0.3, -0.25) is 9.59 Å². The van der Waals surface area contributed by atoms with Crippen LogP contribution in [0.3, 0.4) is 0 Å². The molecule has 5 nitrogen and oxygen atoms in total. The van der Waals surface area contributed by atoms with Crippen LogP contribution in [0.5, 0.6) is 0 Å². The van der Waals surface area contributed by atoms with Gasteiger partial charge in [0.25, 0.3) is 0 Å². The molecule has 1 aliphatic rings. The van der Waals surface area contributed by atoms with Gasteiger partial charge in [0.15, 0.2) is 5.13 Å². The van der Waals surface area contributed by atoms with Crippen LogP contribution in [-0.4, -0.2) is 23.3 Å². The van der Waals surface area contributed by atoms with E-state index in [9.17, 15) is 14.0 Å². The number of amides is 2. The van der Waals surface area contributed by atoms with E-state index in [4.69, 9.17) is 0 Å². The van der Waals surface area contributed by atoms with Crippen molar-refractivity contribution >= 4 is 28.3 Å². The van der Waals surface area contributed by atoms with Gasteiger partial charge in [-0.1, -0.05) is 31.4 Å². The number of carbonyl (C=O) groups excluding carboxylic acids is 2. The second-order valence-corrected chi connectivity index (χ2v) is 8.45. The zero-order chi connectivity index (χ0) is 19.9. The Morgan fingerprint density at radius 1 is 1.14 bits per heavy atom. The molecule has 1 aromatic heterocycles. The number of anilines is 1. The Labute approximate surface area is 168 Å². The number of benzene rings is 1. The molecule has 1 heterocycles. The zero-order valence-corrected chi connectivity index (χ0v) is 16.9. The first-order valence-corrected chi connectivity index (χ1v) is 10.6. The highest BCUT2D eigenvalue weighted by atomic mass is 32.1. The van der Waals surface area contributed by atoms with Gasteiger partial charge in [0.2, 0.25) is 11.8 Å². The number of nitrogens with one attached hydrogen (secondary N) is 2. The summed E-state index contributed by atoms with van der Waals surface area (Å²) in [6.07, 6.45) is 7.01. The Morgan fingerprint density at radius 2 is 1.86 bits per heavy atom. The molecule has 0 radical (unpaired) electrons. The number of rotatable bonds is 7. The highest BCUT2D eigenvalue weighted by Crippen LogP contribution is 2.26. The van der Waals surface area contributed by atoms with E-state index in [-0.39, 0.29) is 24.2 Å². The molecular formula is C21H26FN3O2S. The van der Waals surface area contributed by atoms with Crippen molar-refractivity contribution in [1.82, 2.24) is 10.3 Å². The molecule has 28 heavy (non-hydrogen) atoms. The van der Waals surface area contributed by atoms with Gasteiger partial charge in [-0.25, -0.2) is 9.37 Å². The molecule has 0 spiro atoms. The molecule has 0 bridgehead atoms. The fraction of sp³-hybridized carbons (Fsp3) is 0.476. The third-order valence-corrected chi connectivity index (χ3v) is 6.13. The molecule has 1 saturated carbocycles. The molecule has 0 unspecified atom stereocenters. The van der Waals surface area contributed by atoms with Gasteiger partial charge in [0.05, 0.1) is 12.2 Å². The standard InChI is InChI=1S/C21H26FN3O2S/c1-14-18(11-16-7-9-17(22)10-8-16)28-21(24-14)25-20(27)13-23-19(26)12-15-5-3-2-4-6-15/h7-10,15H,2-6,11-13H2,1H3,(H,23,26)(H,24,25,27). The van der Waals surface area contributed by atoms with Gasteiger partial charge < -0.3 is 10.6 Å². The number of aromatic nitrogens is 1. The van der Waals surface area contributed by atoms with Crippen LogP contribution in [-0.2, 0) is 16.0 Å². The van der Waals surface area contributed by atoms with E-state index in [0.717, 1.165) is 29.0 Å². The second-order valence-electron chi connectivity index (χ2n) is 7.36. The van der Waals surface area contributed by atoms with Crippen molar-refractivity contribution in [2.24, 2.45) is 5.92 Å². The number of aryl methyl sites for hydroxylation is 1. The van der Waals surface area contributed by atoms with Crippen LogP contribution in [0.25, 0.3) is 0 Å². The minimum Gasteiger partial charge on any atom is -0.347 e. The Kier molecular flexibility index (Phi) is 7.14. The summed E-state index contributed by atoms with van der Waals surface area (Å²) in [5.74, 6) is -0.149. The molecule has 0 saturated heterocycles. The predicted octanol–water partition coefficient (Wildman–Crippen LogP) is 4.21. The summed E-state index contributed by atoms with van der Waals surface area (Å²) in [7, 11) is 0. The first-order chi connectivity index (χ1) is 13.5. The van der Waals surface area contributed by atoms with E-state index in [2.05, 4.69) is 15.6 Å². The first-order valence-electron chi connectivity index (χ1n) is 9.77. The lowest BCUT2D eigenvalue weighted by Gasteiger charge is -2.20. The molecule has 2 amide bonds. The van der Waals surface area contributed by atoms with Crippen molar-refractivity contribution in [3.8, 4) is 0 Å². The zero-order valence-electron chi connectivity index (χ0n) is 16.1. The Hall–Kier alpha value is -2.28. The molecule has 1 aromatic carbocycles. The quantitative estimate of drug-likeness (QED) is 0.728. The Morgan fingerprint density at radius 3 is 2.57 bits per heavy atom. The van der Waals surface area contributed by atoms with Crippen molar-refractivity contribution in [2.75, 3.05) is 11.9 Å². The number of carbonyl (C=O) groups is 2. The summed E-state index contributed by atoms with van der Waals surface area (Å²) < 4.78 is 13.0. The van der Waals surface area contributed by atoms with Gasteiger partial charge in [-0.2, -0.15) is 0 Å². The van der Waals surface area contributed by atoms with Crippen LogP contribution in [0, 0.1) is 18.7 Å². The summed E-state index contributed by atoms with van der Waals surface area (Å²) in [6, 6.07) is 6.36. The molecule has 150 valence electrons. The average Bonchev–Trinajstić information content (AvgIpc) is 3.01. The molecule has 0 atom stereocenters. The largest absolute Gasteiger partial charge is 0.347 e. The third-order valence-electron chi connectivity index (χ3n) is 5.06. The lowest BCUT2D eigenvalue weighted by Crippen LogP contribution is -2.34. The van der Waals surface area contributed by atoms with Gasteiger partial charge in [0.1, 0.15) is 5.82 Å². The van der Waals surface area contributed by atoms with Crippen molar-refractivity contribution in [3.05, 3.63) is 46.2 Å². The third kappa shape index (κ3) is 6.12. The van der Waals surface area contributed by atoms with Crippen molar-refractivity contribution < 1.29 is 14.0 Å². The van der Waals surface area contributed by atoms with Gasteiger partial charge in [0, 0.05) is 17.7 Å². The molecule has 2 aromatic rings. The van der Waals surface area contributed by atoms with E-state index >= 15 is 0 Å². The SMILES string of the molecule is Cc1nc(NC(=O)CNC(=O)CC2CCCCC2)sc1Cc1ccc(F)cc1. The van der Waals surface area contributed by atoms with Gasteiger partial charge in [-0.05, 0) is 43.4 Å². The molecule has 7 heteroatoms. The highest BCUT2D eigenvalue weighted by Gasteiger charge is 2.18. The van der Waals surface area contributed by atoms with E-state index < -0.39 is 0 Å². The highest BCUT2D eigenvalue weighted by molar-refractivity contribution is 7.15. The van der Waals surface area contributed by atoms with Crippen LogP contribution in [0.4, 0.5) is 9.52 Å². The molecule has 1 aliphatic carbocycles. The van der Waals surface area contributed by atoms with Crippen LogP contribution in [0.2, 0.25) is 0 Å². The number of thiazole rings is 1. The minimum atomic E-state index is -0.279. The molecular weight excluding hydrogens is 377 g/mol. The number of nitrogens with zero attached hydrogens (tertiary/aromatic N) is 1. The first kappa shape index (κ1) is 20.5. The normalized spacial score (nSPS) is 14.6. The average molecular weight is 404 g/mol. The number of hydrogen-bond donors (Lipinski definition) is 2. The van der Waals surface area contributed by atoms with Crippen LogP contribution in [0.15, 0.2) is 24.3 Å². The molecule has 3 rings (SSSR count). The lowest BCUT2D eigenvalue weighted by atomic mass is 9.87. The second kappa shape index (κ2) is 9.78.